The van der Waals surface area contributed by atoms with Crippen LogP contribution in [-0.4, -0.2) is 23.2 Å². The van der Waals surface area contributed by atoms with Gasteiger partial charge in [-0.3, -0.25) is 0 Å². The van der Waals surface area contributed by atoms with Gasteiger partial charge in [-0.25, -0.2) is 4.79 Å². The number of nitrogens with two attached hydrogens (primary N) is 2. The van der Waals surface area contributed by atoms with Crippen molar-refractivity contribution in [3.8, 4) is 11.5 Å². The Kier molecular flexibility index (Phi) is 8.02. The second-order valence-corrected chi connectivity index (χ2v) is 8.35. The maximum Gasteiger partial charge on any atom is 0.337 e. The highest BCUT2D eigenvalue weighted by molar-refractivity contribution is 9.11. The lowest BCUT2D eigenvalue weighted by molar-refractivity contribution is 0.0600. The molecule has 4 rings (SSSR count). The summed E-state index contributed by atoms with van der Waals surface area (Å²) >= 11 is 6.60. The van der Waals surface area contributed by atoms with Crippen LogP contribution in [0.5, 0.6) is 0 Å². The monoisotopic (exact) mass is 558 g/mol. The van der Waals surface area contributed by atoms with E-state index >= 15 is 0 Å². The maximum atomic E-state index is 11.0. The van der Waals surface area contributed by atoms with Crippen molar-refractivity contribution in [1.82, 2.24) is 10.1 Å². The number of carbonyl (C=O) groups excluding carboxylic acids is 1. The smallest absolute Gasteiger partial charge is 0.337 e. The molecule has 4 aromatic rings. The Hall–Kier alpha value is -3.17. The first kappa shape index (κ1) is 23.5. The number of ether oxygens (including phenoxy) is 1. The number of hydrogen-bond donors (Lipinski definition) is 2. The summed E-state index contributed by atoms with van der Waals surface area (Å²) in [6, 6.07) is 20.5. The van der Waals surface area contributed by atoms with Crippen LogP contribution in [0.1, 0.15) is 21.7 Å². The summed E-state index contributed by atoms with van der Waals surface area (Å²) in [6.07, 6.45) is 0.653. The van der Waals surface area contributed by atoms with Crippen molar-refractivity contribution in [3.63, 3.8) is 0 Å². The Balaban J connectivity index is 0.000000207. The summed E-state index contributed by atoms with van der Waals surface area (Å²) in [5, 5.41) is 4.01. The van der Waals surface area contributed by atoms with Gasteiger partial charge in [-0.05, 0) is 73.8 Å². The fraction of sp³-hybridized carbons (Fsp3) is 0.0870. The molecular formula is C23H20Br2N4O3. The van der Waals surface area contributed by atoms with Crippen molar-refractivity contribution in [2.24, 2.45) is 0 Å². The molecule has 164 valence electrons. The minimum atomic E-state index is -0.365. The lowest BCUT2D eigenvalue weighted by atomic mass is 10.1. The maximum absolute atomic E-state index is 11.0. The molecule has 7 nitrogen and oxygen atoms in total. The molecule has 9 heteroatoms. The number of methoxy groups -OCH3 is 1. The van der Waals surface area contributed by atoms with Crippen molar-refractivity contribution >= 4 is 49.2 Å². The fourth-order valence-corrected chi connectivity index (χ4v) is 3.41. The first-order chi connectivity index (χ1) is 15.4. The zero-order chi connectivity index (χ0) is 23.1. The number of nitrogens with zero attached hydrogens (tertiary/aromatic N) is 2. The molecule has 0 bridgehead atoms. The minimum absolute atomic E-state index is 0.365. The van der Waals surface area contributed by atoms with Gasteiger partial charge in [-0.2, -0.15) is 4.98 Å². The number of rotatable bonds is 4. The molecule has 0 atom stereocenters. The second-order valence-electron chi connectivity index (χ2n) is 6.64. The lowest BCUT2D eigenvalue weighted by Crippen LogP contribution is -2.01. The van der Waals surface area contributed by atoms with E-state index in [1.54, 1.807) is 24.3 Å². The van der Waals surface area contributed by atoms with Crippen LogP contribution >= 0.6 is 31.9 Å². The molecular weight excluding hydrogens is 540 g/mol. The van der Waals surface area contributed by atoms with Crippen molar-refractivity contribution < 1.29 is 14.1 Å². The first-order valence-corrected chi connectivity index (χ1v) is 11.0. The molecule has 4 N–H and O–H groups in total. The Morgan fingerprint density at radius 1 is 0.969 bits per heavy atom. The predicted molar refractivity (Wildman–Crippen MR) is 131 cm³/mol. The predicted octanol–water partition coefficient (Wildman–Crippen LogP) is 5.49. The Bertz CT molecular complexity index is 1210. The number of hydrogen-bond acceptors (Lipinski definition) is 7. The molecule has 0 fully saturated rings. The zero-order valence-corrected chi connectivity index (χ0v) is 20.3. The van der Waals surface area contributed by atoms with Crippen LogP contribution in [0.15, 0.2) is 80.2 Å². The lowest BCUT2D eigenvalue weighted by Gasteiger charge is -2.01. The highest BCUT2D eigenvalue weighted by Gasteiger charge is 2.10. The summed E-state index contributed by atoms with van der Waals surface area (Å²) in [5.41, 5.74) is 15.1. The Morgan fingerprint density at radius 3 is 2.25 bits per heavy atom. The summed E-state index contributed by atoms with van der Waals surface area (Å²) in [5.74, 6) is 0.798. The number of halogens is 2. The fourth-order valence-electron chi connectivity index (χ4n) is 2.65. The van der Waals surface area contributed by atoms with Gasteiger partial charge in [0.15, 0.2) is 5.82 Å². The average molecular weight is 560 g/mol. The Labute approximate surface area is 202 Å². The number of aromatic nitrogens is 2. The number of esters is 1. The molecule has 3 aromatic carbocycles. The molecule has 1 aromatic heterocycles. The van der Waals surface area contributed by atoms with Crippen molar-refractivity contribution in [3.05, 3.63) is 92.6 Å². The third kappa shape index (κ3) is 6.18. The quantitative estimate of drug-likeness (QED) is 0.251. The van der Waals surface area contributed by atoms with Crippen molar-refractivity contribution in [2.75, 3.05) is 18.6 Å². The van der Waals surface area contributed by atoms with Crippen LogP contribution < -0.4 is 11.5 Å². The van der Waals surface area contributed by atoms with E-state index in [9.17, 15) is 4.79 Å². The van der Waals surface area contributed by atoms with E-state index in [0.717, 1.165) is 15.6 Å². The number of benzene rings is 3. The molecule has 0 radical (unpaired) electrons. The molecule has 0 aliphatic rings. The van der Waals surface area contributed by atoms with Crippen LogP contribution in [0.4, 0.5) is 11.4 Å². The summed E-state index contributed by atoms with van der Waals surface area (Å²) < 4.78 is 11.3. The third-order valence-corrected chi connectivity index (χ3v) is 5.72. The van der Waals surface area contributed by atoms with Crippen molar-refractivity contribution in [2.45, 2.75) is 6.42 Å². The van der Waals surface area contributed by atoms with Gasteiger partial charge < -0.3 is 20.7 Å². The van der Waals surface area contributed by atoms with E-state index in [1.165, 1.54) is 7.11 Å². The van der Waals surface area contributed by atoms with Crippen LogP contribution in [0.3, 0.4) is 0 Å². The molecule has 32 heavy (non-hydrogen) atoms. The number of carbonyl (C=O) groups is 1. The molecule has 0 saturated heterocycles. The topological polar surface area (TPSA) is 117 Å². The zero-order valence-electron chi connectivity index (χ0n) is 17.1. The summed E-state index contributed by atoms with van der Waals surface area (Å²) in [7, 11) is 1.34. The molecule has 0 amide bonds. The van der Waals surface area contributed by atoms with E-state index in [2.05, 4.69) is 46.7 Å². The van der Waals surface area contributed by atoms with Gasteiger partial charge in [0.1, 0.15) is 0 Å². The van der Waals surface area contributed by atoms with Crippen LogP contribution in [0.2, 0.25) is 0 Å². The molecule has 0 saturated carbocycles. The first-order valence-electron chi connectivity index (χ1n) is 9.42. The highest BCUT2D eigenvalue weighted by Crippen LogP contribution is 2.26. The second kappa shape index (κ2) is 10.9. The van der Waals surface area contributed by atoms with Gasteiger partial charge >= 0.3 is 5.97 Å². The van der Waals surface area contributed by atoms with E-state index in [-0.39, 0.29) is 5.97 Å². The van der Waals surface area contributed by atoms with E-state index in [0.29, 0.717) is 39.5 Å². The molecule has 0 aliphatic carbocycles. The van der Waals surface area contributed by atoms with Crippen LogP contribution in [0.25, 0.3) is 11.5 Å². The number of nitrogen functional groups attached to an aromatic ring is 2. The van der Waals surface area contributed by atoms with E-state index in [1.807, 2.05) is 42.5 Å². The van der Waals surface area contributed by atoms with Gasteiger partial charge in [0.05, 0.1) is 12.7 Å². The van der Waals surface area contributed by atoms with Crippen LogP contribution in [-0.2, 0) is 11.2 Å². The molecule has 0 spiro atoms. The van der Waals surface area contributed by atoms with Crippen LogP contribution in [0, 0.1) is 0 Å². The van der Waals surface area contributed by atoms with Crippen molar-refractivity contribution in [1.29, 1.82) is 0 Å². The van der Waals surface area contributed by atoms with Gasteiger partial charge in [-0.1, -0.05) is 35.5 Å². The third-order valence-electron chi connectivity index (χ3n) is 4.34. The van der Waals surface area contributed by atoms with E-state index in [4.69, 9.17) is 16.0 Å². The number of anilines is 2. The summed E-state index contributed by atoms with van der Waals surface area (Å²) in [4.78, 5) is 15.4. The van der Waals surface area contributed by atoms with Gasteiger partial charge in [0, 0.05) is 32.3 Å². The SMILES string of the molecule is COC(=O)c1ccc(N)c(Br)c1.Nc1ccc(-c2nc(Cc3ccccc3)no2)cc1Br. The standard InChI is InChI=1S/C15H12BrN3O.C8H8BrNO2/c16-12-9-11(6-7-13(12)17)15-18-14(19-20-15)8-10-4-2-1-3-5-10;1-12-8(11)5-2-3-7(10)6(9)4-5/h1-7,9H,8,17H2;2-4H,10H2,1H3. The largest absolute Gasteiger partial charge is 0.465 e. The van der Waals surface area contributed by atoms with Gasteiger partial charge in [0.2, 0.25) is 0 Å². The van der Waals surface area contributed by atoms with E-state index < -0.39 is 0 Å². The normalized spacial score (nSPS) is 10.2. The molecule has 0 aliphatic heterocycles. The minimum Gasteiger partial charge on any atom is -0.465 e. The highest BCUT2D eigenvalue weighted by atomic mass is 79.9. The Morgan fingerprint density at radius 2 is 1.62 bits per heavy atom. The summed E-state index contributed by atoms with van der Waals surface area (Å²) in [6.45, 7) is 0. The average Bonchev–Trinajstić information content (AvgIpc) is 3.26. The molecule has 0 unspecified atom stereocenters. The van der Waals surface area contributed by atoms with Gasteiger partial charge in [-0.15, -0.1) is 0 Å². The van der Waals surface area contributed by atoms with Gasteiger partial charge in [0.25, 0.3) is 5.89 Å². The molecule has 1 heterocycles.